The van der Waals surface area contributed by atoms with Crippen LogP contribution in [0.2, 0.25) is 0 Å². The first-order valence-electron chi connectivity index (χ1n) is 7.35. The van der Waals surface area contributed by atoms with Crippen LogP contribution in [0.1, 0.15) is 31.7 Å². The second-order valence-corrected chi connectivity index (χ2v) is 5.49. The van der Waals surface area contributed by atoms with Crippen molar-refractivity contribution in [2.45, 2.75) is 32.3 Å². The van der Waals surface area contributed by atoms with Crippen molar-refractivity contribution >= 4 is 11.6 Å². The highest BCUT2D eigenvalue weighted by molar-refractivity contribution is 6.01. The minimum absolute atomic E-state index is 0.00661. The molecule has 20 heavy (non-hydrogen) atoms. The Bertz CT molecular complexity index is 508. The second-order valence-electron chi connectivity index (χ2n) is 5.49. The van der Waals surface area contributed by atoms with Crippen molar-refractivity contribution < 1.29 is 9.63 Å². The molecule has 3 rings (SSSR count). The monoisotopic (exact) mass is 272 g/mol. The van der Waals surface area contributed by atoms with Crippen molar-refractivity contribution in [3.05, 3.63) is 35.9 Å². The molecular formula is C16H20N2O2. The van der Waals surface area contributed by atoms with Crippen LogP contribution in [0.4, 0.5) is 0 Å². The van der Waals surface area contributed by atoms with E-state index in [0.29, 0.717) is 6.54 Å². The molecule has 0 unspecified atom stereocenters. The Morgan fingerprint density at radius 1 is 1.35 bits per heavy atom. The second kappa shape index (κ2) is 5.65. The standard InChI is InChI=1S/C16H20N2O2/c1-2-18(16(19)13-8-9-13)11-14-10-15(17-20-14)12-6-4-3-5-7-12/h3-7,13-14H,2,8-11H2,1H3/t14-/m0/s1. The number of carbonyl (C=O) groups is 1. The molecule has 2 aliphatic rings. The van der Waals surface area contributed by atoms with E-state index in [-0.39, 0.29) is 17.9 Å². The summed E-state index contributed by atoms with van der Waals surface area (Å²) in [7, 11) is 0. The lowest BCUT2D eigenvalue weighted by molar-refractivity contribution is -0.134. The quantitative estimate of drug-likeness (QED) is 0.826. The molecule has 0 radical (unpaired) electrons. The van der Waals surface area contributed by atoms with E-state index in [1.807, 2.05) is 42.2 Å². The van der Waals surface area contributed by atoms with Crippen LogP contribution in [0.25, 0.3) is 0 Å². The molecule has 0 bridgehead atoms. The average molecular weight is 272 g/mol. The number of rotatable bonds is 5. The smallest absolute Gasteiger partial charge is 0.225 e. The van der Waals surface area contributed by atoms with Gasteiger partial charge in [0.2, 0.25) is 5.91 Å². The number of hydrogen-bond donors (Lipinski definition) is 0. The lowest BCUT2D eigenvalue weighted by atomic mass is 10.0. The molecule has 0 N–H and O–H groups in total. The van der Waals surface area contributed by atoms with Crippen molar-refractivity contribution in [3.8, 4) is 0 Å². The van der Waals surface area contributed by atoms with Gasteiger partial charge in [0.05, 0.1) is 12.3 Å². The molecule has 1 saturated carbocycles. The van der Waals surface area contributed by atoms with Crippen molar-refractivity contribution in [1.29, 1.82) is 0 Å². The highest BCUT2D eigenvalue weighted by atomic mass is 16.6. The zero-order valence-electron chi connectivity index (χ0n) is 11.8. The number of oxime groups is 1. The van der Waals surface area contributed by atoms with E-state index in [1.54, 1.807) is 0 Å². The number of benzene rings is 1. The topological polar surface area (TPSA) is 41.9 Å². The molecule has 1 fully saturated rings. The SMILES string of the molecule is CCN(C[C@@H]1CC(c2ccccc2)=NO1)C(=O)C1CC1. The Kier molecular flexibility index (Phi) is 3.72. The average Bonchev–Trinajstić information content (AvgIpc) is 3.24. The molecule has 1 atom stereocenters. The van der Waals surface area contributed by atoms with Gasteiger partial charge in [-0.1, -0.05) is 35.5 Å². The molecule has 4 nitrogen and oxygen atoms in total. The lowest BCUT2D eigenvalue weighted by Gasteiger charge is -2.23. The molecule has 0 aromatic heterocycles. The van der Waals surface area contributed by atoms with Gasteiger partial charge in [-0.05, 0) is 25.3 Å². The molecule has 1 aromatic carbocycles. The van der Waals surface area contributed by atoms with Crippen LogP contribution in [0, 0.1) is 5.92 Å². The fourth-order valence-corrected chi connectivity index (χ4v) is 2.54. The fourth-order valence-electron chi connectivity index (χ4n) is 2.54. The van der Waals surface area contributed by atoms with Crippen molar-refractivity contribution in [1.82, 2.24) is 4.90 Å². The molecule has 0 saturated heterocycles. The van der Waals surface area contributed by atoms with Gasteiger partial charge in [0.1, 0.15) is 0 Å². The van der Waals surface area contributed by atoms with Crippen molar-refractivity contribution in [2.24, 2.45) is 11.1 Å². The van der Waals surface area contributed by atoms with E-state index >= 15 is 0 Å². The van der Waals surface area contributed by atoms with Crippen LogP contribution in [0.15, 0.2) is 35.5 Å². The fraction of sp³-hybridized carbons (Fsp3) is 0.500. The lowest BCUT2D eigenvalue weighted by Crippen LogP contribution is -2.38. The van der Waals surface area contributed by atoms with Crippen LogP contribution < -0.4 is 0 Å². The summed E-state index contributed by atoms with van der Waals surface area (Å²) in [5, 5.41) is 4.17. The molecule has 1 aliphatic heterocycles. The van der Waals surface area contributed by atoms with E-state index in [9.17, 15) is 4.79 Å². The molecule has 0 spiro atoms. The molecule has 1 aliphatic carbocycles. The summed E-state index contributed by atoms with van der Waals surface area (Å²) in [6.07, 6.45) is 2.87. The molecule has 1 amide bonds. The highest BCUT2D eigenvalue weighted by Gasteiger charge is 2.34. The number of nitrogens with zero attached hydrogens (tertiary/aromatic N) is 2. The zero-order chi connectivity index (χ0) is 13.9. The zero-order valence-corrected chi connectivity index (χ0v) is 11.8. The maximum atomic E-state index is 12.1. The van der Waals surface area contributed by atoms with Crippen LogP contribution in [-0.2, 0) is 9.63 Å². The summed E-state index contributed by atoms with van der Waals surface area (Å²) in [6.45, 7) is 3.41. The molecule has 4 heteroatoms. The summed E-state index contributed by atoms with van der Waals surface area (Å²) >= 11 is 0. The summed E-state index contributed by atoms with van der Waals surface area (Å²) in [4.78, 5) is 19.5. The predicted octanol–water partition coefficient (Wildman–Crippen LogP) is 2.44. The third kappa shape index (κ3) is 2.84. The van der Waals surface area contributed by atoms with E-state index < -0.39 is 0 Å². The summed E-state index contributed by atoms with van der Waals surface area (Å²) < 4.78 is 0. The van der Waals surface area contributed by atoms with Gasteiger partial charge in [-0.15, -0.1) is 0 Å². The molecule has 1 heterocycles. The van der Waals surface area contributed by atoms with Gasteiger partial charge < -0.3 is 9.74 Å². The van der Waals surface area contributed by atoms with Gasteiger partial charge in [-0.25, -0.2) is 0 Å². The van der Waals surface area contributed by atoms with Gasteiger partial charge in [-0.2, -0.15) is 0 Å². The first-order valence-corrected chi connectivity index (χ1v) is 7.35. The Morgan fingerprint density at radius 2 is 2.10 bits per heavy atom. The van der Waals surface area contributed by atoms with Gasteiger partial charge in [0.15, 0.2) is 6.10 Å². The Labute approximate surface area is 119 Å². The molecular weight excluding hydrogens is 252 g/mol. The third-order valence-electron chi connectivity index (χ3n) is 3.88. The number of hydrogen-bond acceptors (Lipinski definition) is 3. The first kappa shape index (κ1) is 13.2. The number of carbonyl (C=O) groups excluding carboxylic acids is 1. The van der Waals surface area contributed by atoms with Crippen LogP contribution in [0.3, 0.4) is 0 Å². The molecule has 106 valence electrons. The first-order chi connectivity index (χ1) is 9.78. The van der Waals surface area contributed by atoms with Crippen LogP contribution in [-0.4, -0.2) is 35.7 Å². The van der Waals surface area contributed by atoms with E-state index in [0.717, 1.165) is 37.1 Å². The summed E-state index contributed by atoms with van der Waals surface area (Å²) in [5.41, 5.74) is 2.08. The largest absolute Gasteiger partial charge is 0.390 e. The van der Waals surface area contributed by atoms with Gasteiger partial charge in [0, 0.05) is 18.9 Å². The normalized spacial score (nSPS) is 21.2. The van der Waals surface area contributed by atoms with Crippen LogP contribution in [0.5, 0.6) is 0 Å². The minimum atomic E-state index is -0.00661. The van der Waals surface area contributed by atoms with E-state index in [2.05, 4.69) is 5.16 Å². The van der Waals surface area contributed by atoms with Crippen molar-refractivity contribution in [2.75, 3.05) is 13.1 Å². The molecule has 1 aromatic rings. The maximum absolute atomic E-state index is 12.1. The minimum Gasteiger partial charge on any atom is -0.390 e. The van der Waals surface area contributed by atoms with E-state index in [1.165, 1.54) is 0 Å². The number of likely N-dealkylation sites (N-methyl/N-ethyl adjacent to an activating group) is 1. The Morgan fingerprint density at radius 3 is 2.75 bits per heavy atom. The Hall–Kier alpha value is -1.84. The van der Waals surface area contributed by atoms with E-state index in [4.69, 9.17) is 4.84 Å². The van der Waals surface area contributed by atoms with Gasteiger partial charge in [0.25, 0.3) is 0 Å². The van der Waals surface area contributed by atoms with Crippen LogP contribution >= 0.6 is 0 Å². The highest BCUT2D eigenvalue weighted by Crippen LogP contribution is 2.31. The number of amides is 1. The Balaban J connectivity index is 1.57. The predicted molar refractivity (Wildman–Crippen MR) is 77.4 cm³/mol. The third-order valence-corrected chi connectivity index (χ3v) is 3.88. The summed E-state index contributed by atoms with van der Waals surface area (Å²) in [5.74, 6) is 0.551. The summed E-state index contributed by atoms with van der Waals surface area (Å²) in [6, 6.07) is 10.1. The van der Waals surface area contributed by atoms with Gasteiger partial charge in [-0.3, -0.25) is 4.79 Å². The van der Waals surface area contributed by atoms with Gasteiger partial charge >= 0.3 is 0 Å². The van der Waals surface area contributed by atoms with Crippen molar-refractivity contribution in [3.63, 3.8) is 0 Å². The maximum Gasteiger partial charge on any atom is 0.225 e.